The SMILES string of the molecule is Cc1nc(CSCCC(=O)N2CCCCC2C)cs1. The van der Waals surface area contributed by atoms with Gasteiger partial charge in [0, 0.05) is 35.9 Å². The van der Waals surface area contributed by atoms with Crippen LogP contribution in [0.25, 0.3) is 0 Å². The lowest BCUT2D eigenvalue weighted by Gasteiger charge is -2.33. The molecule has 0 saturated carbocycles. The molecule has 0 radical (unpaired) electrons. The number of hydrogen-bond acceptors (Lipinski definition) is 4. The molecule has 1 aromatic heterocycles. The molecule has 106 valence electrons. The first-order valence-electron chi connectivity index (χ1n) is 6.95. The fraction of sp³-hybridized carbons (Fsp3) is 0.714. The lowest BCUT2D eigenvalue weighted by atomic mass is 10.0. The highest BCUT2D eigenvalue weighted by molar-refractivity contribution is 7.98. The van der Waals surface area contributed by atoms with E-state index in [4.69, 9.17) is 0 Å². The van der Waals surface area contributed by atoms with Crippen molar-refractivity contribution >= 4 is 29.0 Å². The van der Waals surface area contributed by atoms with Crippen molar-refractivity contribution in [3.8, 4) is 0 Å². The van der Waals surface area contributed by atoms with Gasteiger partial charge in [0.15, 0.2) is 0 Å². The van der Waals surface area contributed by atoms with Gasteiger partial charge < -0.3 is 4.90 Å². The Labute approximate surface area is 123 Å². The first-order valence-corrected chi connectivity index (χ1v) is 8.98. The fourth-order valence-corrected chi connectivity index (χ4v) is 3.96. The molecule has 1 aromatic rings. The van der Waals surface area contributed by atoms with Crippen molar-refractivity contribution in [2.75, 3.05) is 12.3 Å². The van der Waals surface area contributed by atoms with E-state index in [1.54, 1.807) is 11.3 Å². The number of aromatic nitrogens is 1. The van der Waals surface area contributed by atoms with Crippen molar-refractivity contribution in [2.45, 2.75) is 51.3 Å². The van der Waals surface area contributed by atoms with E-state index in [-0.39, 0.29) is 0 Å². The Kier molecular flexibility index (Phi) is 5.70. The van der Waals surface area contributed by atoms with E-state index in [0.717, 1.165) is 35.2 Å². The third-order valence-corrected chi connectivity index (χ3v) is 5.32. The summed E-state index contributed by atoms with van der Waals surface area (Å²) in [6.45, 7) is 5.15. The molecule has 5 heteroatoms. The molecular weight excluding hydrogens is 276 g/mol. The number of carbonyl (C=O) groups is 1. The molecule has 1 aliphatic rings. The summed E-state index contributed by atoms with van der Waals surface area (Å²) in [6, 6.07) is 0.437. The smallest absolute Gasteiger partial charge is 0.223 e. The Morgan fingerprint density at radius 2 is 2.42 bits per heavy atom. The average Bonchev–Trinajstić information content (AvgIpc) is 2.81. The van der Waals surface area contributed by atoms with Crippen LogP contribution < -0.4 is 0 Å². The van der Waals surface area contributed by atoms with Crippen LogP contribution in [0.15, 0.2) is 5.38 Å². The Bertz CT molecular complexity index is 419. The second kappa shape index (κ2) is 7.29. The molecule has 2 heterocycles. The van der Waals surface area contributed by atoms with Crippen molar-refractivity contribution in [3.05, 3.63) is 16.1 Å². The summed E-state index contributed by atoms with van der Waals surface area (Å²) in [7, 11) is 0. The van der Waals surface area contributed by atoms with Crippen LogP contribution in [0, 0.1) is 6.92 Å². The third-order valence-electron chi connectivity index (χ3n) is 3.50. The minimum atomic E-state index is 0.328. The van der Waals surface area contributed by atoms with Gasteiger partial charge in [-0.3, -0.25) is 4.79 Å². The second-order valence-corrected chi connectivity index (χ2v) is 7.26. The first kappa shape index (κ1) is 14.9. The van der Waals surface area contributed by atoms with Gasteiger partial charge in [-0.15, -0.1) is 11.3 Å². The Balaban J connectivity index is 1.66. The summed E-state index contributed by atoms with van der Waals surface area (Å²) in [6.07, 6.45) is 4.26. The Morgan fingerprint density at radius 1 is 1.58 bits per heavy atom. The molecule has 1 saturated heterocycles. The van der Waals surface area contributed by atoms with Gasteiger partial charge >= 0.3 is 0 Å². The van der Waals surface area contributed by atoms with Crippen LogP contribution in [0.4, 0.5) is 0 Å². The molecule has 1 aliphatic heterocycles. The summed E-state index contributed by atoms with van der Waals surface area (Å²) in [5.74, 6) is 2.15. The molecule has 0 aliphatic carbocycles. The van der Waals surface area contributed by atoms with E-state index in [0.29, 0.717) is 18.4 Å². The van der Waals surface area contributed by atoms with Crippen LogP contribution in [0.5, 0.6) is 0 Å². The fourth-order valence-electron chi connectivity index (χ4n) is 2.42. The van der Waals surface area contributed by atoms with Gasteiger partial charge in [-0.05, 0) is 33.1 Å². The number of piperidine rings is 1. The average molecular weight is 298 g/mol. The zero-order chi connectivity index (χ0) is 13.7. The van der Waals surface area contributed by atoms with Crippen molar-refractivity contribution < 1.29 is 4.79 Å². The lowest BCUT2D eigenvalue weighted by molar-refractivity contribution is -0.133. The van der Waals surface area contributed by atoms with E-state index in [9.17, 15) is 4.79 Å². The van der Waals surface area contributed by atoms with Gasteiger partial charge in [0.1, 0.15) is 0 Å². The highest BCUT2D eigenvalue weighted by Gasteiger charge is 2.22. The lowest BCUT2D eigenvalue weighted by Crippen LogP contribution is -2.42. The largest absolute Gasteiger partial charge is 0.340 e. The number of aryl methyl sites for hydroxylation is 1. The maximum atomic E-state index is 12.1. The number of carbonyl (C=O) groups excluding carboxylic acids is 1. The zero-order valence-corrected chi connectivity index (χ0v) is 13.4. The number of likely N-dealkylation sites (tertiary alicyclic amines) is 1. The molecule has 3 nitrogen and oxygen atoms in total. The molecule has 0 bridgehead atoms. The predicted molar refractivity (Wildman–Crippen MR) is 82.7 cm³/mol. The van der Waals surface area contributed by atoms with Gasteiger partial charge in [-0.2, -0.15) is 11.8 Å². The van der Waals surface area contributed by atoms with E-state index in [2.05, 4.69) is 22.2 Å². The topological polar surface area (TPSA) is 33.2 Å². The van der Waals surface area contributed by atoms with Crippen molar-refractivity contribution in [3.63, 3.8) is 0 Å². The van der Waals surface area contributed by atoms with Gasteiger partial charge in [-0.1, -0.05) is 0 Å². The van der Waals surface area contributed by atoms with E-state index >= 15 is 0 Å². The number of thiazole rings is 1. The molecule has 1 unspecified atom stereocenters. The number of amides is 1. The standard InChI is InChI=1S/C14H22N2OS2/c1-11-5-3-4-7-16(11)14(17)6-8-18-9-13-10-19-12(2)15-13/h10-11H,3-9H2,1-2H3. The van der Waals surface area contributed by atoms with Gasteiger partial charge in [0.05, 0.1) is 10.7 Å². The van der Waals surface area contributed by atoms with Gasteiger partial charge in [-0.25, -0.2) is 4.98 Å². The molecule has 2 rings (SSSR count). The summed E-state index contributed by atoms with van der Waals surface area (Å²) in [4.78, 5) is 18.6. The van der Waals surface area contributed by atoms with Gasteiger partial charge in [0.2, 0.25) is 5.91 Å². The molecular formula is C14H22N2OS2. The molecule has 0 aromatic carbocycles. The van der Waals surface area contributed by atoms with Crippen LogP contribution in [0.2, 0.25) is 0 Å². The van der Waals surface area contributed by atoms with Crippen LogP contribution in [0.3, 0.4) is 0 Å². The van der Waals surface area contributed by atoms with Crippen LogP contribution in [0.1, 0.15) is 43.3 Å². The highest BCUT2D eigenvalue weighted by Crippen LogP contribution is 2.19. The third kappa shape index (κ3) is 4.49. The first-order chi connectivity index (χ1) is 9.16. The second-order valence-electron chi connectivity index (χ2n) is 5.09. The minimum Gasteiger partial charge on any atom is -0.340 e. The molecule has 0 N–H and O–H groups in total. The Hall–Kier alpha value is -0.550. The zero-order valence-electron chi connectivity index (χ0n) is 11.7. The number of hydrogen-bond donors (Lipinski definition) is 0. The summed E-state index contributed by atoms with van der Waals surface area (Å²) in [5.41, 5.74) is 1.14. The molecule has 1 fully saturated rings. The summed E-state index contributed by atoms with van der Waals surface area (Å²) >= 11 is 3.50. The van der Waals surface area contributed by atoms with Crippen molar-refractivity contribution in [2.24, 2.45) is 0 Å². The minimum absolute atomic E-state index is 0.328. The van der Waals surface area contributed by atoms with Crippen molar-refractivity contribution in [1.82, 2.24) is 9.88 Å². The molecule has 1 atom stereocenters. The normalized spacial score (nSPS) is 19.7. The number of thioether (sulfide) groups is 1. The van der Waals surface area contributed by atoms with Gasteiger partial charge in [0.25, 0.3) is 0 Å². The molecule has 19 heavy (non-hydrogen) atoms. The van der Waals surface area contributed by atoms with E-state index in [1.807, 2.05) is 18.7 Å². The maximum absolute atomic E-state index is 12.1. The predicted octanol–water partition coefficient (Wildman–Crippen LogP) is 3.48. The summed E-state index contributed by atoms with van der Waals surface area (Å²) in [5, 5.41) is 3.23. The monoisotopic (exact) mass is 298 g/mol. The Morgan fingerprint density at radius 3 is 3.11 bits per heavy atom. The van der Waals surface area contributed by atoms with E-state index < -0.39 is 0 Å². The maximum Gasteiger partial charge on any atom is 0.223 e. The number of nitrogens with zero attached hydrogens (tertiary/aromatic N) is 2. The van der Waals surface area contributed by atoms with Crippen LogP contribution in [-0.2, 0) is 10.5 Å². The van der Waals surface area contributed by atoms with Crippen LogP contribution in [-0.4, -0.2) is 34.1 Å². The van der Waals surface area contributed by atoms with E-state index in [1.165, 1.54) is 12.8 Å². The molecule has 1 amide bonds. The molecule has 0 spiro atoms. The quantitative estimate of drug-likeness (QED) is 0.780. The van der Waals surface area contributed by atoms with Crippen LogP contribution >= 0.6 is 23.1 Å². The highest BCUT2D eigenvalue weighted by atomic mass is 32.2. The summed E-state index contributed by atoms with van der Waals surface area (Å²) < 4.78 is 0. The van der Waals surface area contributed by atoms with Crippen molar-refractivity contribution in [1.29, 1.82) is 0 Å². The number of rotatable bonds is 5.